The van der Waals surface area contributed by atoms with Gasteiger partial charge in [-0.3, -0.25) is 24.1 Å². The number of piperidine rings is 1. The molecule has 0 spiro atoms. The molecule has 1 fully saturated rings. The number of halogens is 3. The highest BCUT2D eigenvalue weighted by Crippen LogP contribution is 2.31. The molecule has 2 atom stereocenters. The molecule has 0 aliphatic carbocycles. The van der Waals surface area contributed by atoms with Gasteiger partial charge >= 0.3 is 5.92 Å². The van der Waals surface area contributed by atoms with Gasteiger partial charge in [-0.1, -0.05) is 12.1 Å². The zero-order chi connectivity index (χ0) is 27.4. The number of imide groups is 1. The van der Waals surface area contributed by atoms with E-state index in [0.717, 1.165) is 29.2 Å². The Morgan fingerprint density at radius 2 is 1.87 bits per heavy atom. The summed E-state index contributed by atoms with van der Waals surface area (Å²) in [6.07, 6.45) is 0.236. The van der Waals surface area contributed by atoms with Crippen LogP contribution in [-0.4, -0.2) is 52.8 Å². The summed E-state index contributed by atoms with van der Waals surface area (Å²) in [5.74, 6) is -7.44. The Balaban J connectivity index is 1.40. The molecule has 2 heterocycles. The number of rotatable bonds is 10. The molecule has 2 aliphatic rings. The third-order valence-electron chi connectivity index (χ3n) is 6.26. The van der Waals surface area contributed by atoms with Crippen molar-refractivity contribution in [2.75, 3.05) is 13.3 Å². The number of amides is 4. The van der Waals surface area contributed by atoms with Crippen molar-refractivity contribution in [1.82, 2.24) is 15.1 Å². The number of hydrogen-bond donors (Lipinski definition) is 1. The molecule has 2 aliphatic heterocycles. The lowest BCUT2D eigenvalue weighted by Crippen LogP contribution is -2.54. The van der Waals surface area contributed by atoms with Crippen molar-refractivity contribution < 1.29 is 41.4 Å². The first-order valence-electron chi connectivity index (χ1n) is 11.8. The Bertz CT molecular complexity index is 1240. The highest BCUT2D eigenvalue weighted by Gasteiger charge is 2.43. The lowest BCUT2D eigenvalue weighted by Gasteiger charge is -2.35. The second kappa shape index (κ2) is 11.6. The SMILES string of the molecule is CCOPOCN1C(=O)CCC(N2Cc3cc(CNC(=O)C(F)(F)c4ccc(F)cc4)ccc3C2=O)C1=O. The second-order valence-corrected chi connectivity index (χ2v) is 9.44. The van der Waals surface area contributed by atoms with Gasteiger partial charge in [0.1, 0.15) is 18.6 Å². The van der Waals surface area contributed by atoms with Gasteiger partial charge in [-0.15, -0.1) is 0 Å². The van der Waals surface area contributed by atoms with Crippen molar-refractivity contribution in [3.63, 3.8) is 0 Å². The highest BCUT2D eigenvalue weighted by atomic mass is 31.1. The fourth-order valence-electron chi connectivity index (χ4n) is 4.28. The first-order valence-corrected chi connectivity index (χ1v) is 12.6. The first kappa shape index (κ1) is 27.7. The largest absolute Gasteiger partial charge is 0.349 e. The molecule has 2 aromatic carbocycles. The number of alkyl halides is 2. The predicted molar refractivity (Wildman–Crippen MR) is 129 cm³/mol. The Kier molecular flexibility index (Phi) is 8.44. The van der Waals surface area contributed by atoms with Gasteiger partial charge in [0.2, 0.25) is 5.91 Å². The molecule has 9 nitrogen and oxygen atoms in total. The predicted octanol–water partition coefficient (Wildman–Crippen LogP) is 3.23. The van der Waals surface area contributed by atoms with Crippen LogP contribution in [0.3, 0.4) is 0 Å². The Morgan fingerprint density at radius 3 is 2.58 bits per heavy atom. The number of carbonyl (C=O) groups is 4. The summed E-state index contributed by atoms with van der Waals surface area (Å²) in [7, 11) is -0.331. The third kappa shape index (κ3) is 5.72. The molecule has 0 aromatic heterocycles. The molecule has 1 saturated heterocycles. The van der Waals surface area contributed by atoms with E-state index in [4.69, 9.17) is 9.05 Å². The molecule has 0 bridgehead atoms. The highest BCUT2D eigenvalue weighted by molar-refractivity contribution is 7.26. The van der Waals surface area contributed by atoms with E-state index in [1.165, 1.54) is 17.0 Å². The van der Waals surface area contributed by atoms with Crippen molar-refractivity contribution in [3.8, 4) is 0 Å². The molecule has 2 unspecified atom stereocenters. The van der Waals surface area contributed by atoms with Gasteiger partial charge in [-0.25, -0.2) is 4.39 Å². The molecule has 0 saturated carbocycles. The van der Waals surface area contributed by atoms with Crippen LogP contribution in [0, 0.1) is 5.82 Å². The van der Waals surface area contributed by atoms with Gasteiger partial charge in [0, 0.05) is 30.6 Å². The van der Waals surface area contributed by atoms with E-state index in [1.807, 2.05) is 0 Å². The fraction of sp³-hybridized carbons (Fsp3) is 0.360. The van der Waals surface area contributed by atoms with Crippen LogP contribution < -0.4 is 5.32 Å². The zero-order valence-electron chi connectivity index (χ0n) is 20.3. The van der Waals surface area contributed by atoms with Crippen molar-refractivity contribution in [1.29, 1.82) is 0 Å². The summed E-state index contributed by atoms with van der Waals surface area (Å²) in [5.41, 5.74) is 0.748. The van der Waals surface area contributed by atoms with Gasteiger partial charge < -0.3 is 19.3 Å². The van der Waals surface area contributed by atoms with E-state index >= 15 is 0 Å². The van der Waals surface area contributed by atoms with Crippen molar-refractivity contribution in [2.45, 2.75) is 44.8 Å². The summed E-state index contributed by atoms with van der Waals surface area (Å²) in [5, 5.41) is 2.17. The minimum atomic E-state index is -3.87. The lowest BCUT2D eigenvalue weighted by atomic mass is 10.0. The monoisotopic (exact) mass is 551 g/mol. The maximum absolute atomic E-state index is 14.5. The summed E-state index contributed by atoms with van der Waals surface area (Å²) in [6.45, 7) is 1.78. The third-order valence-corrected chi connectivity index (χ3v) is 6.92. The summed E-state index contributed by atoms with van der Waals surface area (Å²) in [4.78, 5) is 52.8. The molecule has 4 amide bonds. The Labute approximate surface area is 218 Å². The topological polar surface area (TPSA) is 105 Å². The molecule has 13 heteroatoms. The summed E-state index contributed by atoms with van der Waals surface area (Å²) < 4.78 is 52.3. The normalized spacial score (nSPS) is 18.0. The molecular weight excluding hydrogens is 526 g/mol. The molecule has 38 heavy (non-hydrogen) atoms. The molecule has 202 valence electrons. The van der Waals surface area contributed by atoms with Crippen LogP contribution in [0.25, 0.3) is 0 Å². The van der Waals surface area contributed by atoms with Gasteiger partial charge in [0.15, 0.2) is 9.03 Å². The van der Waals surface area contributed by atoms with E-state index in [2.05, 4.69) is 5.32 Å². The van der Waals surface area contributed by atoms with Crippen LogP contribution in [-0.2, 0) is 42.4 Å². The van der Waals surface area contributed by atoms with Crippen LogP contribution in [0.2, 0.25) is 0 Å². The van der Waals surface area contributed by atoms with Crippen LogP contribution in [0.4, 0.5) is 13.2 Å². The molecular formula is C25H25F3N3O6P. The number of nitrogens with zero attached hydrogens (tertiary/aromatic N) is 2. The van der Waals surface area contributed by atoms with Gasteiger partial charge in [0.05, 0.1) is 6.61 Å². The second-order valence-electron chi connectivity index (χ2n) is 8.69. The number of benzene rings is 2. The van der Waals surface area contributed by atoms with Gasteiger partial charge in [-0.05, 0) is 54.8 Å². The van der Waals surface area contributed by atoms with Crippen molar-refractivity contribution in [2.24, 2.45) is 0 Å². The van der Waals surface area contributed by atoms with Crippen molar-refractivity contribution >= 4 is 32.7 Å². The van der Waals surface area contributed by atoms with Crippen LogP contribution >= 0.6 is 9.03 Å². The molecule has 0 radical (unpaired) electrons. The van der Waals surface area contributed by atoms with E-state index in [-0.39, 0.29) is 47.6 Å². The lowest BCUT2D eigenvalue weighted by molar-refractivity contribution is -0.155. The minimum Gasteiger partial charge on any atom is -0.346 e. The van der Waals surface area contributed by atoms with Gasteiger partial charge in [-0.2, -0.15) is 8.78 Å². The summed E-state index contributed by atoms with van der Waals surface area (Å²) >= 11 is 0. The number of fused-ring (bicyclic) bond motifs is 1. The van der Waals surface area contributed by atoms with E-state index in [9.17, 15) is 32.3 Å². The number of nitrogens with one attached hydrogen (secondary N) is 1. The van der Waals surface area contributed by atoms with E-state index in [1.54, 1.807) is 13.0 Å². The van der Waals surface area contributed by atoms with Crippen LogP contribution in [0.15, 0.2) is 42.5 Å². The van der Waals surface area contributed by atoms with E-state index in [0.29, 0.717) is 23.3 Å². The zero-order valence-corrected chi connectivity index (χ0v) is 21.3. The standard InChI is InChI=1S/C25H25F3N3O6P/c1-2-36-38-37-14-31-21(32)10-9-20(23(31)34)30-13-16-11-15(3-8-19(16)22(30)33)12-29-24(35)25(27,28)17-4-6-18(26)7-5-17/h3-8,11,20,38H,2,9-10,12-14H2,1H3,(H,29,35). The number of hydrogen-bond acceptors (Lipinski definition) is 6. The van der Waals surface area contributed by atoms with Crippen LogP contribution in [0.5, 0.6) is 0 Å². The fourth-order valence-corrected chi connectivity index (χ4v) is 4.66. The number of carbonyl (C=O) groups excluding carboxylic acids is 4. The summed E-state index contributed by atoms with van der Waals surface area (Å²) in [6, 6.07) is 7.17. The average Bonchev–Trinajstić information content (AvgIpc) is 3.22. The minimum absolute atomic E-state index is 0.0667. The average molecular weight is 551 g/mol. The Hall–Kier alpha value is -3.34. The molecule has 4 rings (SSSR count). The van der Waals surface area contributed by atoms with Crippen LogP contribution in [0.1, 0.15) is 46.8 Å². The number of likely N-dealkylation sites (tertiary alicyclic amines) is 1. The molecule has 2 aromatic rings. The van der Waals surface area contributed by atoms with E-state index < -0.39 is 41.1 Å². The quantitative estimate of drug-likeness (QED) is 0.276. The maximum Gasteiger partial charge on any atom is 0.349 e. The van der Waals surface area contributed by atoms with Gasteiger partial charge in [0.25, 0.3) is 17.7 Å². The smallest absolute Gasteiger partial charge is 0.346 e. The van der Waals surface area contributed by atoms with Crippen molar-refractivity contribution in [3.05, 3.63) is 70.5 Å². The molecule has 1 N–H and O–H groups in total. The first-order chi connectivity index (χ1) is 18.1. The maximum atomic E-state index is 14.5. The Morgan fingerprint density at radius 1 is 1.13 bits per heavy atom.